The Morgan fingerprint density at radius 2 is 2.12 bits per heavy atom. The van der Waals surface area contributed by atoms with Crippen molar-refractivity contribution in [1.29, 1.82) is 5.26 Å². The maximum Gasteiger partial charge on any atom is 0.278 e. The molecule has 3 aromatic heterocycles. The Hall–Kier alpha value is -3.22. The van der Waals surface area contributed by atoms with E-state index in [1.54, 1.807) is 34.5 Å². The minimum absolute atomic E-state index is 0.226. The maximum absolute atomic E-state index is 13.8. The molecule has 1 aromatic carbocycles. The van der Waals surface area contributed by atoms with Gasteiger partial charge in [0.25, 0.3) is 5.56 Å². The molecule has 164 valence electrons. The van der Waals surface area contributed by atoms with Crippen LogP contribution in [-0.2, 0) is 4.74 Å². The van der Waals surface area contributed by atoms with E-state index in [2.05, 4.69) is 21.2 Å². The van der Waals surface area contributed by atoms with Crippen LogP contribution in [0.3, 0.4) is 0 Å². The summed E-state index contributed by atoms with van der Waals surface area (Å²) in [6, 6.07) is 5.19. The number of fused-ring (bicyclic) bond motifs is 3. The Labute approximate surface area is 188 Å². The van der Waals surface area contributed by atoms with E-state index in [9.17, 15) is 10.1 Å². The molecule has 0 bridgehead atoms. The summed E-state index contributed by atoms with van der Waals surface area (Å²) in [5, 5.41) is 14.2. The average Bonchev–Trinajstić information content (AvgIpc) is 3.53. The summed E-state index contributed by atoms with van der Waals surface area (Å²) in [5.41, 5.74) is 1.61. The molecule has 9 nitrogen and oxygen atoms in total. The molecule has 1 aliphatic rings. The summed E-state index contributed by atoms with van der Waals surface area (Å²) >= 11 is 6.30. The van der Waals surface area contributed by atoms with E-state index >= 15 is 0 Å². The van der Waals surface area contributed by atoms with Gasteiger partial charge in [0.05, 0.1) is 34.3 Å². The van der Waals surface area contributed by atoms with Crippen molar-refractivity contribution in [2.45, 2.75) is 44.6 Å². The van der Waals surface area contributed by atoms with Gasteiger partial charge in [-0.25, -0.2) is 4.98 Å². The van der Waals surface area contributed by atoms with Crippen LogP contribution in [0.25, 0.3) is 28.1 Å². The van der Waals surface area contributed by atoms with E-state index in [0.29, 0.717) is 28.1 Å². The smallest absolute Gasteiger partial charge is 0.278 e. The minimum atomic E-state index is -0.354. The molecule has 0 radical (unpaired) electrons. The van der Waals surface area contributed by atoms with Crippen LogP contribution in [0.2, 0.25) is 5.02 Å². The lowest BCUT2D eigenvalue weighted by Crippen LogP contribution is -2.28. The normalized spacial score (nSPS) is 15.6. The molecule has 3 heterocycles. The van der Waals surface area contributed by atoms with Crippen LogP contribution in [0, 0.1) is 11.3 Å². The van der Waals surface area contributed by atoms with Gasteiger partial charge < -0.3 is 9.26 Å². The Bertz CT molecular complexity index is 1420. The summed E-state index contributed by atoms with van der Waals surface area (Å²) in [6.45, 7) is 2.13. The van der Waals surface area contributed by atoms with Crippen LogP contribution in [-0.4, -0.2) is 37.8 Å². The summed E-state index contributed by atoms with van der Waals surface area (Å²) in [5.74, 6) is 1.13. The van der Waals surface area contributed by atoms with Crippen molar-refractivity contribution >= 4 is 28.2 Å². The molecule has 10 heteroatoms. The number of nitriles is 1. The fourth-order valence-electron chi connectivity index (χ4n) is 4.62. The third kappa shape index (κ3) is 3.10. The lowest BCUT2D eigenvalue weighted by molar-refractivity contribution is 0.162. The van der Waals surface area contributed by atoms with Crippen molar-refractivity contribution in [2.75, 3.05) is 13.7 Å². The van der Waals surface area contributed by atoms with Crippen molar-refractivity contribution in [3.05, 3.63) is 45.3 Å². The molecule has 1 saturated carbocycles. The average molecular weight is 453 g/mol. The third-order valence-electron chi connectivity index (χ3n) is 6.11. The SMILES string of the molecule is COCC(C)n1c(=O)c2c(-c3noc(C4CCCC4)n3)ncn2c2ccc(Cl)c(C#N)c21. The number of hydrogen-bond donors (Lipinski definition) is 0. The van der Waals surface area contributed by atoms with E-state index in [1.165, 1.54) is 0 Å². The Morgan fingerprint density at radius 3 is 2.84 bits per heavy atom. The van der Waals surface area contributed by atoms with Crippen LogP contribution in [0.1, 0.15) is 56.0 Å². The first-order valence-electron chi connectivity index (χ1n) is 10.5. The molecule has 0 aliphatic heterocycles. The molecule has 5 rings (SSSR count). The number of benzene rings is 1. The number of imidazole rings is 1. The molecule has 4 aromatic rings. The lowest BCUT2D eigenvalue weighted by Gasteiger charge is -2.19. The molecule has 0 amide bonds. The fraction of sp³-hybridized carbons (Fsp3) is 0.409. The number of aromatic nitrogens is 5. The maximum atomic E-state index is 13.8. The van der Waals surface area contributed by atoms with Gasteiger partial charge in [-0.15, -0.1) is 0 Å². The van der Waals surface area contributed by atoms with Crippen LogP contribution in [0.4, 0.5) is 0 Å². The van der Waals surface area contributed by atoms with Crippen molar-refractivity contribution in [2.24, 2.45) is 0 Å². The van der Waals surface area contributed by atoms with Gasteiger partial charge in [-0.2, -0.15) is 10.2 Å². The summed E-state index contributed by atoms with van der Waals surface area (Å²) in [4.78, 5) is 22.8. The van der Waals surface area contributed by atoms with E-state index in [1.807, 2.05) is 6.92 Å². The van der Waals surface area contributed by atoms with E-state index < -0.39 is 0 Å². The molecular formula is C22H21ClN6O3. The predicted molar refractivity (Wildman–Crippen MR) is 118 cm³/mol. The molecule has 0 saturated heterocycles. The third-order valence-corrected chi connectivity index (χ3v) is 6.43. The van der Waals surface area contributed by atoms with E-state index in [4.69, 9.17) is 20.9 Å². The minimum Gasteiger partial charge on any atom is -0.383 e. The number of methoxy groups -OCH3 is 1. The number of rotatable bonds is 5. The van der Waals surface area contributed by atoms with Crippen LogP contribution < -0.4 is 5.56 Å². The largest absolute Gasteiger partial charge is 0.383 e. The Kier molecular flexibility index (Phi) is 5.19. The fourth-order valence-corrected chi connectivity index (χ4v) is 4.82. The number of ether oxygens (including phenoxy) is 1. The second-order valence-electron chi connectivity index (χ2n) is 8.13. The standard InChI is InChI=1S/C22H21ClN6O3/c1-12(10-31-2)29-18-14(9-24)15(23)7-8-16(18)28-11-25-17(19(28)22(29)30)20-26-21(32-27-20)13-5-3-4-6-13/h7-8,11-13H,3-6,10H2,1-2H3. The van der Waals surface area contributed by atoms with Gasteiger partial charge in [-0.3, -0.25) is 13.8 Å². The molecule has 1 unspecified atom stereocenters. The highest BCUT2D eigenvalue weighted by molar-refractivity contribution is 6.32. The molecule has 1 fully saturated rings. The highest BCUT2D eigenvalue weighted by Crippen LogP contribution is 2.34. The van der Waals surface area contributed by atoms with Crippen molar-refractivity contribution in [3.8, 4) is 17.6 Å². The zero-order chi connectivity index (χ0) is 22.4. The van der Waals surface area contributed by atoms with Gasteiger partial charge >= 0.3 is 0 Å². The van der Waals surface area contributed by atoms with Crippen molar-refractivity contribution in [1.82, 2.24) is 24.1 Å². The second-order valence-corrected chi connectivity index (χ2v) is 8.54. The first-order valence-corrected chi connectivity index (χ1v) is 10.9. The lowest BCUT2D eigenvalue weighted by atomic mass is 10.1. The molecule has 1 atom stereocenters. The van der Waals surface area contributed by atoms with Crippen molar-refractivity contribution in [3.63, 3.8) is 0 Å². The first kappa shape index (κ1) is 20.7. The van der Waals surface area contributed by atoms with Gasteiger partial charge in [-0.05, 0) is 31.9 Å². The monoisotopic (exact) mass is 452 g/mol. The van der Waals surface area contributed by atoms with Gasteiger partial charge in [0.1, 0.15) is 23.6 Å². The Balaban J connectivity index is 1.80. The van der Waals surface area contributed by atoms with Gasteiger partial charge in [0, 0.05) is 13.0 Å². The van der Waals surface area contributed by atoms with Crippen LogP contribution in [0.5, 0.6) is 0 Å². The zero-order valence-corrected chi connectivity index (χ0v) is 18.5. The zero-order valence-electron chi connectivity index (χ0n) is 17.7. The Morgan fingerprint density at radius 1 is 1.34 bits per heavy atom. The van der Waals surface area contributed by atoms with Gasteiger partial charge in [0.2, 0.25) is 11.7 Å². The summed E-state index contributed by atoms with van der Waals surface area (Å²) in [6.07, 6.45) is 5.88. The van der Waals surface area contributed by atoms with Crippen molar-refractivity contribution < 1.29 is 9.26 Å². The summed E-state index contributed by atoms with van der Waals surface area (Å²) < 4.78 is 14.0. The van der Waals surface area contributed by atoms with Crippen LogP contribution in [0.15, 0.2) is 27.8 Å². The molecule has 32 heavy (non-hydrogen) atoms. The van der Waals surface area contributed by atoms with Crippen LogP contribution >= 0.6 is 11.6 Å². The van der Waals surface area contributed by atoms with E-state index in [0.717, 1.165) is 25.7 Å². The summed E-state index contributed by atoms with van der Waals surface area (Å²) in [7, 11) is 1.56. The quantitative estimate of drug-likeness (QED) is 0.448. The number of hydrogen-bond acceptors (Lipinski definition) is 7. The topological polar surface area (TPSA) is 111 Å². The second kappa shape index (κ2) is 8.04. The van der Waals surface area contributed by atoms with E-state index in [-0.39, 0.29) is 40.5 Å². The first-order chi connectivity index (χ1) is 15.5. The highest BCUT2D eigenvalue weighted by Gasteiger charge is 2.27. The number of nitrogens with zero attached hydrogens (tertiary/aromatic N) is 6. The predicted octanol–water partition coefficient (Wildman–Crippen LogP) is 4.09. The van der Waals surface area contributed by atoms with Gasteiger partial charge in [-0.1, -0.05) is 29.6 Å². The molecule has 0 spiro atoms. The highest BCUT2D eigenvalue weighted by atomic mass is 35.5. The molecular weight excluding hydrogens is 432 g/mol. The molecule has 1 aliphatic carbocycles. The number of halogens is 1. The molecule has 0 N–H and O–H groups in total. The van der Waals surface area contributed by atoms with Gasteiger partial charge in [0.15, 0.2) is 0 Å².